The number of carbonyl (C=O) groups excluding carboxylic acids is 1. The molecule has 2 fully saturated rings. The van der Waals surface area contributed by atoms with E-state index in [4.69, 9.17) is 4.74 Å². The molecule has 186 valence electrons. The molecule has 1 saturated heterocycles. The topological polar surface area (TPSA) is 87.3 Å². The minimum Gasteiger partial charge on any atom is -0.444 e. The van der Waals surface area contributed by atoms with Crippen molar-refractivity contribution >= 4 is 34.4 Å². The molecule has 10 heteroatoms. The van der Waals surface area contributed by atoms with Crippen LogP contribution in [-0.4, -0.2) is 57.1 Å². The van der Waals surface area contributed by atoms with E-state index in [1.165, 1.54) is 22.7 Å². The van der Waals surface area contributed by atoms with Gasteiger partial charge in [-0.3, -0.25) is 4.79 Å². The zero-order valence-corrected chi connectivity index (χ0v) is 20.6. The van der Waals surface area contributed by atoms with Crippen LogP contribution in [-0.2, 0) is 10.5 Å². The zero-order valence-electron chi connectivity index (χ0n) is 19.8. The fourth-order valence-electron chi connectivity index (χ4n) is 4.48. The summed E-state index contributed by atoms with van der Waals surface area (Å²) in [6, 6.07) is 3.36. The molecule has 0 radical (unpaired) electrons. The summed E-state index contributed by atoms with van der Waals surface area (Å²) in [6.45, 7) is 5.69. The van der Waals surface area contributed by atoms with Crippen LogP contribution in [0.1, 0.15) is 58.7 Å². The Morgan fingerprint density at radius 3 is 2.71 bits per heavy atom. The molecule has 2 aromatic rings. The number of ether oxygens (including phenoxy) is 1. The van der Waals surface area contributed by atoms with Crippen LogP contribution in [0.2, 0.25) is 0 Å². The summed E-state index contributed by atoms with van der Waals surface area (Å²) in [6.07, 6.45) is 3.12. The summed E-state index contributed by atoms with van der Waals surface area (Å²) in [5.41, 5.74) is -0.265. The van der Waals surface area contributed by atoms with Crippen molar-refractivity contribution in [3.8, 4) is 0 Å². The summed E-state index contributed by atoms with van der Waals surface area (Å²) in [7, 11) is 0. The summed E-state index contributed by atoms with van der Waals surface area (Å²) in [5.74, 6) is 0.0518. The highest BCUT2D eigenvalue weighted by Crippen LogP contribution is 2.30. The Labute approximate surface area is 202 Å². The van der Waals surface area contributed by atoms with Gasteiger partial charge in [0.1, 0.15) is 28.8 Å². The first-order valence-electron chi connectivity index (χ1n) is 11.8. The average Bonchev–Trinajstić information content (AvgIpc) is 3.24. The van der Waals surface area contributed by atoms with Crippen molar-refractivity contribution in [2.75, 3.05) is 18.4 Å². The van der Waals surface area contributed by atoms with Gasteiger partial charge in [-0.25, -0.2) is 18.6 Å². The van der Waals surface area contributed by atoms with Gasteiger partial charge in [-0.15, -0.1) is 11.8 Å². The maximum Gasteiger partial charge on any atom is 0.410 e. The van der Waals surface area contributed by atoms with Gasteiger partial charge in [0.15, 0.2) is 0 Å². The van der Waals surface area contributed by atoms with Crippen LogP contribution in [0.4, 0.5) is 19.3 Å². The van der Waals surface area contributed by atoms with Crippen molar-refractivity contribution in [1.82, 2.24) is 14.9 Å². The first-order chi connectivity index (χ1) is 16.1. The number of aromatic nitrogens is 2. The highest BCUT2D eigenvalue weighted by molar-refractivity contribution is 7.99. The standard InChI is InChI=1S/C24H32F2N4O3S/c1-24(2,3)33-23(32)30-9-8-19(17(26)12-30)34-13-20-28-18-11-15(27-14-6-4-5-7-14)10-16(25)21(18)22(31)29-20/h10-11,14,17,19,27H,4-9,12-13H2,1-3H3,(H,28,29,31)/t17-,19-/m1/s1. The fraction of sp³-hybridized carbons (Fsp3) is 0.625. The zero-order chi connectivity index (χ0) is 24.5. The quantitative estimate of drug-likeness (QED) is 0.609. The van der Waals surface area contributed by atoms with Crippen LogP contribution in [0.25, 0.3) is 10.9 Å². The predicted octanol–water partition coefficient (Wildman–Crippen LogP) is 5.00. The molecule has 1 saturated carbocycles. The van der Waals surface area contributed by atoms with Gasteiger partial charge in [-0.1, -0.05) is 12.8 Å². The van der Waals surface area contributed by atoms with E-state index in [0.717, 1.165) is 25.7 Å². The van der Waals surface area contributed by atoms with Gasteiger partial charge in [0, 0.05) is 23.5 Å². The molecular weight excluding hydrogens is 462 g/mol. The Hall–Kier alpha value is -2.36. The number of alkyl halides is 1. The Morgan fingerprint density at radius 1 is 1.29 bits per heavy atom. The summed E-state index contributed by atoms with van der Waals surface area (Å²) >= 11 is 1.34. The molecule has 2 atom stereocenters. The van der Waals surface area contributed by atoms with E-state index in [1.54, 1.807) is 26.8 Å². The number of halogens is 2. The lowest BCUT2D eigenvalue weighted by Crippen LogP contribution is -2.47. The van der Waals surface area contributed by atoms with Crippen LogP contribution in [0.3, 0.4) is 0 Å². The van der Waals surface area contributed by atoms with E-state index >= 15 is 0 Å². The molecule has 2 N–H and O–H groups in total. The Bertz CT molecular complexity index is 1100. The van der Waals surface area contributed by atoms with Crippen molar-refractivity contribution < 1.29 is 18.3 Å². The number of amides is 1. The SMILES string of the molecule is CC(C)(C)OC(=O)N1CC[C@@H](SCc2nc3cc(NC4CCCC4)cc(F)c3c(=O)[nH]2)[C@H](F)C1. The molecule has 7 nitrogen and oxygen atoms in total. The monoisotopic (exact) mass is 494 g/mol. The number of thioether (sulfide) groups is 1. The number of fused-ring (bicyclic) bond motifs is 1. The van der Waals surface area contributed by atoms with Crippen LogP contribution in [0.15, 0.2) is 16.9 Å². The lowest BCUT2D eigenvalue weighted by molar-refractivity contribution is 0.0146. The smallest absolute Gasteiger partial charge is 0.410 e. The van der Waals surface area contributed by atoms with E-state index in [-0.39, 0.29) is 28.5 Å². The van der Waals surface area contributed by atoms with Gasteiger partial charge in [0.2, 0.25) is 0 Å². The Kier molecular flexibility index (Phi) is 7.35. The number of piperidine rings is 1. The second-order valence-electron chi connectivity index (χ2n) is 10.1. The van der Waals surface area contributed by atoms with E-state index in [0.29, 0.717) is 30.5 Å². The molecule has 2 aliphatic rings. The second-order valence-corrected chi connectivity index (χ2v) is 11.3. The van der Waals surface area contributed by atoms with Crippen molar-refractivity contribution in [2.24, 2.45) is 0 Å². The van der Waals surface area contributed by atoms with Crippen molar-refractivity contribution in [2.45, 2.75) is 81.7 Å². The molecule has 1 aromatic carbocycles. The van der Waals surface area contributed by atoms with Crippen LogP contribution in [0.5, 0.6) is 0 Å². The van der Waals surface area contributed by atoms with E-state index in [2.05, 4.69) is 15.3 Å². The summed E-state index contributed by atoms with van der Waals surface area (Å²) < 4.78 is 34.8. The number of H-pyrrole nitrogens is 1. The van der Waals surface area contributed by atoms with Crippen LogP contribution in [0, 0.1) is 5.82 Å². The molecule has 0 spiro atoms. The number of rotatable bonds is 5. The van der Waals surface area contributed by atoms with Gasteiger partial charge in [0.05, 0.1) is 17.8 Å². The lowest BCUT2D eigenvalue weighted by atomic mass is 10.1. The highest BCUT2D eigenvalue weighted by Gasteiger charge is 2.34. The average molecular weight is 495 g/mol. The number of nitrogens with zero attached hydrogens (tertiary/aromatic N) is 2. The third-order valence-corrected chi connectivity index (χ3v) is 7.50. The molecule has 1 aromatic heterocycles. The largest absolute Gasteiger partial charge is 0.444 e. The van der Waals surface area contributed by atoms with Gasteiger partial charge >= 0.3 is 6.09 Å². The normalized spacial score (nSPS) is 21.7. The van der Waals surface area contributed by atoms with Gasteiger partial charge in [-0.2, -0.15) is 0 Å². The third-order valence-electron chi connectivity index (χ3n) is 6.10. The molecule has 2 heterocycles. The third kappa shape index (κ3) is 6.00. The van der Waals surface area contributed by atoms with Crippen LogP contribution >= 0.6 is 11.8 Å². The lowest BCUT2D eigenvalue weighted by Gasteiger charge is -2.35. The first-order valence-corrected chi connectivity index (χ1v) is 12.9. The number of aromatic amines is 1. The van der Waals surface area contributed by atoms with Crippen LogP contribution < -0.4 is 10.9 Å². The Balaban J connectivity index is 1.41. The molecule has 1 aliphatic carbocycles. The number of anilines is 1. The molecule has 34 heavy (non-hydrogen) atoms. The molecular formula is C24H32F2N4O3S. The number of likely N-dealkylation sites (tertiary alicyclic amines) is 1. The number of hydrogen-bond acceptors (Lipinski definition) is 6. The molecule has 1 amide bonds. The molecule has 0 bridgehead atoms. The van der Waals surface area contributed by atoms with Crippen molar-refractivity contribution in [3.63, 3.8) is 0 Å². The van der Waals surface area contributed by atoms with E-state index < -0.39 is 29.2 Å². The summed E-state index contributed by atoms with van der Waals surface area (Å²) in [4.78, 5) is 33.2. The maximum atomic E-state index is 14.8. The first kappa shape index (κ1) is 24.8. The Morgan fingerprint density at radius 2 is 2.03 bits per heavy atom. The van der Waals surface area contributed by atoms with Gasteiger partial charge in [-0.05, 0) is 52.2 Å². The number of nitrogens with one attached hydrogen (secondary N) is 2. The van der Waals surface area contributed by atoms with Crippen molar-refractivity contribution in [1.29, 1.82) is 0 Å². The van der Waals surface area contributed by atoms with E-state index in [1.807, 2.05) is 0 Å². The van der Waals surface area contributed by atoms with Gasteiger partial charge < -0.3 is 19.9 Å². The number of carbonyl (C=O) groups is 1. The second kappa shape index (κ2) is 10.1. The molecule has 4 rings (SSSR count). The molecule has 0 unspecified atom stereocenters. The van der Waals surface area contributed by atoms with Gasteiger partial charge in [0.25, 0.3) is 5.56 Å². The number of benzene rings is 1. The van der Waals surface area contributed by atoms with E-state index in [9.17, 15) is 18.4 Å². The minimum atomic E-state index is -1.22. The highest BCUT2D eigenvalue weighted by atomic mass is 32.2. The fourth-order valence-corrected chi connectivity index (χ4v) is 5.55. The van der Waals surface area contributed by atoms with Crippen molar-refractivity contribution in [3.05, 3.63) is 34.1 Å². The summed E-state index contributed by atoms with van der Waals surface area (Å²) in [5, 5.41) is 2.93. The maximum absolute atomic E-state index is 14.8. The predicted molar refractivity (Wildman–Crippen MR) is 131 cm³/mol. The minimum absolute atomic E-state index is 0.0321. The number of hydrogen-bond donors (Lipinski definition) is 2. The molecule has 1 aliphatic heterocycles.